The molecule has 0 spiro atoms. The monoisotopic (exact) mass is 1970 g/mol. The predicted molar refractivity (Wildman–Crippen MR) is 586 cm³/mol. The number of nitrogens with zero attached hydrogens (tertiary/aromatic N) is 1. The van der Waals surface area contributed by atoms with Gasteiger partial charge in [0, 0.05) is 31.7 Å². The van der Waals surface area contributed by atoms with Gasteiger partial charge in [-0.25, -0.2) is 0 Å². The van der Waals surface area contributed by atoms with Gasteiger partial charge in [0.05, 0.1) is 56.7 Å². The van der Waals surface area contributed by atoms with Crippen LogP contribution in [-0.4, -0.2) is 7.64 Å². The third-order valence-corrected chi connectivity index (χ3v) is 37.6. The van der Waals surface area contributed by atoms with Crippen LogP contribution in [0.3, 0.4) is 0 Å². The standard InChI is InChI=1S/C116H166Br2S6.BHNS/c1-5-9-13-17-21-25-29-33-37-41-45-49-53-57-61-65-69-91-73-81-95(82-74-91)115(96-83-75-92(76-84-96)70-66-62-58-54-50-46-42-38-34-30-26-22-18-14-10-6-2)103-107-99(89-101(117)121-107)119-109(103)111-105(115)113-114(123-111)106-112(124-113)110-104(108-100(120-110)90-102(118)122-108)116(106,97-85-77-93(78-86-97)71-67-63-59-55-51-47-43-39-35-31-27-23-19-15-11-7-3)98-87-79-94(80-88-98)72-68-64-60-56-52-48-44-40-36-32-28-24-20-16-12-8-4;1-2-3/h73-90H,5-72H2,1-4H3;3H. The van der Waals surface area contributed by atoms with Crippen molar-refractivity contribution in [2.45, 2.75) is 475 Å². The van der Waals surface area contributed by atoms with E-state index >= 15 is 0 Å². The maximum atomic E-state index is 4.34. The van der Waals surface area contributed by atoms with E-state index in [-0.39, 0.29) is 0 Å². The number of thiophene rings is 6. The summed E-state index contributed by atoms with van der Waals surface area (Å²) in [5, 5.41) is 0. The Labute approximate surface area is 823 Å². The van der Waals surface area contributed by atoms with Gasteiger partial charge in [-0.3, -0.25) is 0 Å². The Bertz CT molecular complexity index is 4150. The molecule has 0 aliphatic heterocycles. The van der Waals surface area contributed by atoms with Gasteiger partial charge in [-0.05, 0) is 140 Å². The Balaban J connectivity index is 0.00000514. The minimum atomic E-state index is -0.515. The van der Waals surface area contributed by atoms with E-state index in [2.05, 4.69) is 239 Å². The quantitative estimate of drug-likeness (QED) is 0.0222. The maximum absolute atomic E-state index is 4.34. The summed E-state index contributed by atoms with van der Waals surface area (Å²) in [5.41, 5.74) is 16.8. The Morgan fingerprint density at radius 3 is 0.567 bits per heavy atom. The van der Waals surface area contributed by atoms with Crippen molar-refractivity contribution < 1.29 is 0 Å². The summed E-state index contributed by atoms with van der Waals surface area (Å²) < 4.78 is 13.9. The molecule has 0 bridgehead atoms. The van der Waals surface area contributed by atoms with Crippen LogP contribution < -0.4 is 0 Å². The molecule has 10 aromatic rings. The molecule has 695 valence electrons. The molecule has 0 fully saturated rings. The summed E-state index contributed by atoms with van der Waals surface area (Å²) in [6, 6.07) is 46.4. The van der Waals surface area contributed by atoms with Crippen molar-refractivity contribution >= 4 is 149 Å². The van der Waals surface area contributed by atoms with Gasteiger partial charge in [0.15, 0.2) is 0 Å². The van der Waals surface area contributed by atoms with Crippen molar-refractivity contribution in [1.82, 2.24) is 0 Å². The summed E-state index contributed by atoms with van der Waals surface area (Å²) in [6.45, 7) is 9.31. The molecule has 127 heavy (non-hydrogen) atoms. The van der Waals surface area contributed by atoms with Crippen molar-refractivity contribution in [3.05, 3.63) is 184 Å². The number of aryl methyl sites for hydroxylation is 4. The number of unbranched alkanes of at least 4 members (excludes halogenated alkanes) is 60. The van der Waals surface area contributed by atoms with Crippen LogP contribution in [0, 0.1) is 0 Å². The van der Waals surface area contributed by atoms with Crippen LogP contribution in [0.2, 0.25) is 0 Å². The molecule has 0 saturated heterocycles. The molecule has 11 heteroatoms. The number of thiol groups is 1. The van der Waals surface area contributed by atoms with Crippen molar-refractivity contribution in [3.63, 3.8) is 0 Å². The van der Waals surface area contributed by atoms with Gasteiger partial charge in [-0.1, -0.05) is 510 Å². The van der Waals surface area contributed by atoms with Gasteiger partial charge >= 0.3 is 24.8 Å². The van der Waals surface area contributed by atoms with Crippen molar-refractivity contribution in [1.29, 1.82) is 0 Å². The van der Waals surface area contributed by atoms with Gasteiger partial charge in [0.1, 0.15) is 0 Å². The van der Waals surface area contributed by atoms with E-state index in [0.29, 0.717) is 0 Å². The van der Waals surface area contributed by atoms with Crippen LogP contribution in [-0.2, 0) is 36.5 Å². The topological polar surface area (TPSA) is 12.4 Å². The number of rotatable bonds is 72. The summed E-state index contributed by atoms with van der Waals surface area (Å²) in [7, 11) is 4.34. The third kappa shape index (κ3) is 31.0. The predicted octanol–water partition coefficient (Wildman–Crippen LogP) is 43.2. The first-order valence-electron chi connectivity index (χ1n) is 53.2. The number of hydrogen-bond donors (Lipinski definition) is 1. The van der Waals surface area contributed by atoms with E-state index in [1.807, 2.05) is 22.7 Å². The summed E-state index contributed by atoms with van der Waals surface area (Å²) in [4.78, 5) is 6.02. The average Bonchev–Trinajstić information content (AvgIpc) is 1.48. The molecular weight excluding hydrogens is 1800 g/mol. The van der Waals surface area contributed by atoms with Crippen molar-refractivity contribution in [2.24, 2.45) is 4.30 Å². The first kappa shape index (κ1) is 105. The molecule has 4 aromatic carbocycles. The first-order valence-corrected chi connectivity index (χ1v) is 60.1. The fraction of sp³-hybridized carbons (Fsp3) is 0.638. The van der Waals surface area contributed by atoms with E-state index in [0.717, 1.165) is 25.7 Å². The Morgan fingerprint density at radius 2 is 0.386 bits per heavy atom. The number of fused-ring (bicyclic) bond motifs is 13. The van der Waals surface area contributed by atoms with E-state index in [4.69, 9.17) is 0 Å². The van der Waals surface area contributed by atoms with Gasteiger partial charge in [-0.15, -0.1) is 68.0 Å². The van der Waals surface area contributed by atoms with Crippen LogP contribution in [0.4, 0.5) is 0 Å². The molecule has 2 aliphatic carbocycles. The molecule has 0 unspecified atom stereocenters. The van der Waals surface area contributed by atoms with Crippen molar-refractivity contribution in [2.75, 3.05) is 0 Å². The molecule has 1 radical (unpaired) electrons. The first-order chi connectivity index (χ1) is 62.7. The second-order valence-corrected chi connectivity index (χ2v) is 48.2. The van der Waals surface area contributed by atoms with Crippen LogP contribution in [0.15, 0.2) is 121 Å². The van der Waals surface area contributed by atoms with Gasteiger partial charge in [-0.2, -0.15) is 0 Å². The van der Waals surface area contributed by atoms with E-state index in [1.165, 1.54) is 522 Å². The molecule has 1 nitrogen and oxygen atoms in total. The number of hydrogen-bond acceptors (Lipinski definition) is 8. The zero-order chi connectivity index (χ0) is 88.6. The Kier molecular flexibility index (Phi) is 49.8. The molecule has 6 aromatic heterocycles. The molecule has 0 saturated carbocycles. The number of benzene rings is 4. The third-order valence-electron chi connectivity index (χ3n) is 28.9. The molecule has 12 rings (SSSR count). The number of halogens is 2. The van der Waals surface area contributed by atoms with E-state index in [1.54, 1.807) is 11.1 Å². The molecule has 6 heterocycles. The fourth-order valence-corrected chi connectivity index (χ4v) is 31.7. The Morgan fingerprint density at radius 1 is 0.228 bits per heavy atom. The zero-order valence-electron chi connectivity index (χ0n) is 80.2. The summed E-state index contributed by atoms with van der Waals surface area (Å²) in [5.74, 6) is 0. The van der Waals surface area contributed by atoms with E-state index in [9.17, 15) is 0 Å². The van der Waals surface area contributed by atoms with Gasteiger partial charge < -0.3 is 0 Å². The Hall–Kier alpha value is -2.97. The normalized spacial score (nSPS) is 13.1. The molecule has 0 amide bonds. The molecular formula is C116H167BBr2NS7. The van der Waals surface area contributed by atoms with Crippen LogP contribution in [0.1, 0.15) is 505 Å². The minimum absolute atomic E-state index is 0.515. The fourth-order valence-electron chi connectivity index (χ4n) is 21.6. The molecule has 0 atom stereocenters. The van der Waals surface area contributed by atoms with Crippen LogP contribution in [0.5, 0.6) is 0 Å². The molecule has 2 aliphatic rings. The van der Waals surface area contributed by atoms with Crippen molar-refractivity contribution in [3.8, 4) is 19.5 Å². The van der Waals surface area contributed by atoms with Gasteiger partial charge in [0.25, 0.3) is 0 Å². The van der Waals surface area contributed by atoms with Gasteiger partial charge in [0.2, 0.25) is 0 Å². The second kappa shape index (κ2) is 60.5. The second-order valence-electron chi connectivity index (χ2n) is 39.0. The molecule has 0 N–H and O–H groups in total. The van der Waals surface area contributed by atoms with Crippen LogP contribution in [0.25, 0.3) is 47.7 Å². The SMILES string of the molecule is CCCCCCCCCCCCCCCCCCc1ccc(C2(c3ccc(CCCCCCCCCCCCCCCCCC)cc3)c3c(sc4cc(Br)sc34)-c3sc4c5c(sc4c32)-c2sc3cc(Br)sc3c2C5(c2ccc(CCCCCCCCCCCCCCCCCC)cc2)c2ccc(CCCCCCCCCCCCCCCCCC)cc2)cc1.[B]=NS. The average molecular weight is 1970 g/mol. The summed E-state index contributed by atoms with van der Waals surface area (Å²) >= 11 is 23.9. The van der Waals surface area contributed by atoms with Crippen LogP contribution >= 0.6 is 113 Å². The van der Waals surface area contributed by atoms with E-state index < -0.39 is 10.8 Å². The summed E-state index contributed by atoms with van der Waals surface area (Å²) in [6.07, 6.45) is 94.5. The zero-order valence-corrected chi connectivity index (χ0v) is 89.1.